The lowest BCUT2D eigenvalue weighted by Gasteiger charge is -2.11. The van der Waals surface area contributed by atoms with Crippen LogP contribution in [0.4, 0.5) is 0 Å². The van der Waals surface area contributed by atoms with Crippen LogP contribution in [0.2, 0.25) is 0 Å². The Bertz CT molecular complexity index is 265. The predicted octanol–water partition coefficient (Wildman–Crippen LogP) is 6.76. The number of allylic oxidation sites excluding steroid dienone is 2. The highest BCUT2D eigenvalue weighted by Gasteiger charge is 2.04. The number of rotatable bonds is 20. The van der Waals surface area contributed by atoms with Gasteiger partial charge in [-0.25, -0.2) is 0 Å². The van der Waals surface area contributed by atoms with Gasteiger partial charge in [0.2, 0.25) is 0 Å². The normalized spacial score (nSPS) is 12.9. The van der Waals surface area contributed by atoms with Crippen LogP contribution < -0.4 is 0 Å². The number of aliphatic hydroxyl groups is 1. The molecule has 0 fully saturated rings. The molecule has 0 radical (unpaired) electrons. The lowest BCUT2D eigenvalue weighted by atomic mass is 10.1. The molecule has 0 aliphatic heterocycles. The molecular weight excluding hydrogens is 328 g/mol. The molecule has 0 aromatic heterocycles. The van der Waals surface area contributed by atoms with Crippen molar-refractivity contribution in [3.63, 3.8) is 0 Å². The fraction of sp³-hybridized carbons (Fsp3) is 0.909. The van der Waals surface area contributed by atoms with Crippen LogP contribution in [0.3, 0.4) is 0 Å². The van der Waals surface area contributed by atoms with Crippen molar-refractivity contribution in [2.75, 3.05) is 25.2 Å². The molecule has 0 aliphatic rings. The standard InChI is InChI=1S/C22H44O2S/c1-3-4-5-6-7-8-9-10-11-12-13-14-15-16-17-18-19-25-21-22(20-23)24-2/h10-11,22-23H,3-9,12-21H2,1-2H3. The van der Waals surface area contributed by atoms with Crippen LogP contribution in [-0.4, -0.2) is 36.4 Å². The van der Waals surface area contributed by atoms with Gasteiger partial charge >= 0.3 is 0 Å². The summed E-state index contributed by atoms with van der Waals surface area (Å²) >= 11 is 1.90. The Balaban J connectivity index is 3.12. The summed E-state index contributed by atoms with van der Waals surface area (Å²) in [4.78, 5) is 0. The summed E-state index contributed by atoms with van der Waals surface area (Å²) in [5.74, 6) is 2.11. The molecule has 0 saturated carbocycles. The Kier molecular flexibility index (Phi) is 22.1. The minimum atomic E-state index is 0.0131. The minimum Gasteiger partial charge on any atom is -0.394 e. The van der Waals surface area contributed by atoms with Crippen LogP contribution in [0.5, 0.6) is 0 Å². The van der Waals surface area contributed by atoms with Gasteiger partial charge in [-0.3, -0.25) is 0 Å². The predicted molar refractivity (Wildman–Crippen MR) is 115 cm³/mol. The van der Waals surface area contributed by atoms with Gasteiger partial charge in [-0.05, 0) is 37.9 Å². The first-order chi connectivity index (χ1) is 12.3. The average molecular weight is 373 g/mol. The molecule has 0 aromatic rings. The highest BCUT2D eigenvalue weighted by molar-refractivity contribution is 7.99. The molecule has 150 valence electrons. The zero-order valence-electron chi connectivity index (χ0n) is 17.0. The van der Waals surface area contributed by atoms with Crippen molar-refractivity contribution < 1.29 is 9.84 Å². The van der Waals surface area contributed by atoms with Crippen molar-refractivity contribution in [2.24, 2.45) is 0 Å². The maximum Gasteiger partial charge on any atom is 0.0892 e. The van der Waals surface area contributed by atoms with Crippen LogP contribution in [-0.2, 0) is 4.74 Å². The van der Waals surface area contributed by atoms with E-state index < -0.39 is 0 Å². The van der Waals surface area contributed by atoms with Gasteiger partial charge in [0, 0.05) is 12.9 Å². The molecule has 0 amide bonds. The first kappa shape index (κ1) is 25.0. The first-order valence-corrected chi connectivity index (χ1v) is 11.9. The molecule has 0 aliphatic carbocycles. The van der Waals surface area contributed by atoms with Crippen LogP contribution in [0.1, 0.15) is 96.8 Å². The van der Waals surface area contributed by atoms with Crippen molar-refractivity contribution in [2.45, 2.75) is 103 Å². The summed E-state index contributed by atoms with van der Waals surface area (Å²) in [5.41, 5.74) is 0. The monoisotopic (exact) mass is 372 g/mol. The van der Waals surface area contributed by atoms with Crippen molar-refractivity contribution in [1.29, 1.82) is 0 Å². The molecule has 0 spiro atoms. The van der Waals surface area contributed by atoms with E-state index in [4.69, 9.17) is 9.84 Å². The van der Waals surface area contributed by atoms with Gasteiger partial charge in [-0.2, -0.15) is 11.8 Å². The summed E-state index contributed by atoms with van der Waals surface area (Å²) in [5, 5.41) is 9.03. The Morgan fingerprint density at radius 1 is 0.800 bits per heavy atom. The van der Waals surface area contributed by atoms with Gasteiger partial charge in [0.1, 0.15) is 0 Å². The highest BCUT2D eigenvalue weighted by Crippen LogP contribution is 2.12. The van der Waals surface area contributed by atoms with E-state index in [9.17, 15) is 0 Å². The number of hydrogen-bond donors (Lipinski definition) is 1. The van der Waals surface area contributed by atoms with Crippen molar-refractivity contribution >= 4 is 11.8 Å². The molecule has 0 rings (SSSR count). The fourth-order valence-corrected chi connectivity index (χ4v) is 3.94. The van der Waals surface area contributed by atoms with E-state index in [0.29, 0.717) is 0 Å². The Morgan fingerprint density at radius 3 is 1.84 bits per heavy atom. The summed E-state index contributed by atoms with van der Waals surface area (Å²) in [6, 6.07) is 0. The number of methoxy groups -OCH3 is 1. The van der Waals surface area contributed by atoms with Crippen LogP contribution >= 0.6 is 11.8 Å². The van der Waals surface area contributed by atoms with E-state index in [2.05, 4.69) is 19.1 Å². The Morgan fingerprint density at radius 2 is 1.32 bits per heavy atom. The van der Waals surface area contributed by atoms with Gasteiger partial charge in [-0.1, -0.05) is 76.9 Å². The zero-order chi connectivity index (χ0) is 18.4. The molecule has 1 atom stereocenters. The molecule has 0 saturated heterocycles. The second-order valence-electron chi connectivity index (χ2n) is 7.05. The number of unbranched alkanes of at least 4 members (excludes halogenated alkanes) is 12. The van der Waals surface area contributed by atoms with E-state index in [1.807, 2.05) is 11.8 Å². The largest absolute Gasteiger partial charge is 0.394 e. The van der Waals surface area contributed by atoms with Gasteiger partial charge in [0.05, 0.1) is 12.7 Å². The highest BCUT2D eigenvalue weighted by atomic mass is 32.2. The minimum absolute atomic E-state index is 0.0131. The van der Waals surface area contributed by atoms with E-state index >= 15 is 0 Å². The Hall–Kier alpha value is 0.01000. The first-order valence-electron chi connectivity index (χ1n) is 10.7. The summed E-state index contributed by atoms with van der Waals surface area (Å²) < 4.78 is 5.16. The quantitative estimate of drug-likeness (QED) is 0.189. The van der Waals surface area contributed by atoms with Gasteiger partial charge in [0.25, 0.3) is 0 Å². The van der Waals surface area contributed by atoms with Gasteiger partial charge in [-0.15, -0.1) is 0 Å². The third-order valence-corrected chi connectivity index (χ3v) is 5.83. The van der Waals surface area contributed by atoms with Crippen molar-refractivity contribution in [3.8, 4) is 0 Å². The molecule has 1 N–H and O–H groups in total. The van der Waals surface area contributed by atoms with Crippen LogP contribution in [0.25, 0.3) is 0 Å². The summed E-state index contributed by atoms with van der Waals surface area (Å²) in [6.45, 7) is 2.41. The molecule has 1 unspecified atom stereocenters. The lowest BCUT2D eigenvalue weighted by Crippen LogP contribution is -2.18. The molecular formula is C22H44O2S. The number of hydrogen-bond acceptors (Lipinski definition) is 3. The van der Waals surface area contributed by atoms with Crippen molar-refractivity contribution in [1.82, 2.24) is 0 Å². The molecule has 0 aromatic carbocycles. The molecule has 25 heavy (non-hydrogen) atoms. The SMILES string of the molecule is CCCCCCCCC=CCCCCCCCCSCC(CO)OC. The number of ether oxygens (including phenoxy) is 1. The number of aliphatic hydroxyl groups excluding tert-OH is 1. The summed E-state index contributed by atoms with van der Waals surface area (Å²) in [6.07, 6.45) is 23.9. The van der Waals surface area contributed by atoms with E-state index in [0.717, 1.165) is 5.75 Å². The third kappa shape index (κ3) is 20.2. The second-order valence-corrected chi connectivity index (χ2v) is 8.20. The third-order valence-electron chi connectivity index (χ3n) is 4.64. The maximum atomic E-state index is 9.03. The maximum absolute atomic E-state index is 9.03. The topological polar surface area (TPSA) is 29.5 Å². The zero-order valence-corrected chi connectivity index (χ0v) is 17.8. The average Bonchev–Trinajstić information content (AvgIpc) is 2.64. The molecule has 0 bridgehead atoms. The van der Waals surface area contributed by atoms with E-state index in [1.165, 1.54) is 95.6 Å². The van der Waals surface area contributed by atoms with Crippen LogP contribution in [0.15, 0.2) is 12.2 Å². The van der Waals surface area contributed by atoms with Crippen molar-refractivity contribution in [3.05, 3.63) is 12.2 Å². The molecule has 3 heteroatoms. The van der Waals surface area contributed by atoms with Gasteiger partial charge in [0.15, 0.2) is 0 Å². The second kappa shape index (κ2) is 22.1. The van der Waals surface area contributed by atoms with Gasteiger partial charge < -0.3 is 9.84 Å². The van der Waals surface area contributed by atoms with E-state index in [1.54, 1.807) is 7.11 Å². The lowest BCUT2D eigenvalue weighted by molar-refractivity contribution is 0.0656. The Labute approximate surface area is 162 Å². The summed E-state index contributed by atoms with van der Waals surface area (Å²) in [7, 11) is 1.67. The molecule has 2 nitrogen and oxygen atoms in total. The molecule has 0 heterocycles. The smallest absolute Gasteiger partial charge is 0.0892 e. The number of thioether (sulfide) groups is 1. The fourth-order valence-electron chi connectivity index (χ4n) is 2.86. The van der Waals surface area contributed by atoms with Crippen LogP contribution in [0, 0.1) is 0 Å². The van der Waals surface area contributed by atoms with E-state index in [-0.39, 0.29) is 12.7 Å².